The van der Waals surface area contributed by atoms with E-state index in [4.69, 9.17) is 9.47 Å². The summed E-state index contributed by atoms with van der Waals surface area (Å²) in [6.07, 6.45) is 0. The molecule has 2 aromatic carbocycles. The van der Waals surface area contributed by atoms with Gasteiger partial charge in [-0.2, -0.15) is 4.72 Å². The van der Waals surface area contributed by atoms with Crippen molar-refractivity contribution in [3.05, 3.63) is 47.0 Å². The number of carbonyl (C=O) groups excluding carboxylic acids is 1. The first-order valence-corrected chi connectivity index (χ1v) is 10.2. The number of hydrogen-bond acceptors (Lipinski definition) is 5. The van der Waals surface area contributed by atoms with E-state index in [1.54, 1.807) is 44.2 Å². The van der Waals surface area contributed by atoms with Crippen LogP contribution in [0.25, 0.3) is 0 Å². The van der Waals surface area contributed by atoms with Crippen molar-refractivity contribution >= 4 is 21.6 Å². The molecule has 0 aromatic heterocycles. The maximum Gasteiger partial charge on any atom is 0.242 e. The van der Waals surface area contributed by atoms with Gasteiger partial charge in [0.05, 0.1) is 30.8 Å². The summed E-state index contributed by atoms with van der Waals surface area (Å²) in [7, 11) is -0.881. The number of carbonyl (C=O) groups is 1. The Bertz CT molecular complexity index is 963. The number of methoxy groups -OCH3 is 2. The molecule has 0 radical (unpaired) electrons. The van der Waals surface area contributed by atoms with Gasteiger partial charge < -0.3 is 14.8 Å². The molecule has 0 aliphatic heterocycles. The number of amides is 1. The molecule has 1 unspecified atom stereocenters. The Kier molecular flexibility index (Phi) is 6.69. The summed E-state index contributed by atoms with van der Waals surface area (Å²) in [4.78, 5) is 12.8. The molecule has 152 valence electrons. The van der Waals surface area contributed by atoms with Crippen molar-refractivity contribution in [2.75, 3.05) is 19.5 Å². The second-order valence-electron chi connectivity index (χ2n) is 6.63. The number of rotatable bonds is 7. The number of benzene rings is 2. The van der Waals surface area contributed by atoms with Gasteiger partial charge in [0.2, 0.25) is 15.9 Å². The van der Waals surface area contributed by atoms with Gasteiger partial charge in [-0.15, -0.1) is 0 Å². The van der Waals surface area contributed by atoms with Gasteiger partial charge in [0, 0.05) is 6.07 Å². The van der Waals surface area contributed by atoms with E-state index < -0.39 is 22.0 Å². The van der Waals surface area contributed by atoms with Crippen LogP contribution < -0.4 is 19.5 Å². The molecular weight excluding hydrogens is 380 g/mol. The molecule has 8 heteroatoms. The molecule has 2 rings (SSSR count). The number of ether oxygens (including phenoxy) is 2. The van der Waals surface area contributed by atoms with Crippen LogP contribution in [-0.4, -0.2) is 34.6 Å². The summed E-state index contributed by atoms with van der Waals surface area (Å²) in [6, 6.07) is 7.56. The normalized spacial score (nSPS) is 12.4. The lowest BCUT2D eigenvalue weighted by Gasteiger charge is -2.18. The summed E-state index contributed by atoms with van der Waals surface area (Å²) < 4.78 is 38.5. The van der Waals surface area contributed by atoms with Gasteiger partial charge in [0.1, 0.15) is 11.5 Å². The summed E-state index contributed by atoms with van der Waals surface area (Å²) in [5.74, 6) is 0.460. The van der Waals surface area contributed by atoms with E-state index in [0.717, 1.165) is 5.56 Å². The second kappa shape index (κ2) is 8.62. The highest BCUT2D eigenvalue weighted by Gasteiger charge is 2.25. The molecule has 0 bridgehead atoms. The molecule has 0 saturated heterocycles. The Morgan fingerprint density at radius 1 is 1.00 bits per heavy atom. The fraction of sp³-hybridized carbons (Fsp3) is 0.350. The largest absolute Gasteiger partial charge is 0.497 e. The van der Waals surface area contributed by atoms with Crippen LogP contribution in [0.4, 0.5) is 5.69 Å². The van der Waals surface area contributed by atoms with Crippen molar-refractivity contribution in [2.45, 2.75) is 38.6 Å². The number of nitrogens with one attached hydrogen (secondary N) is 2. The first kappa shape index (κ1) is 21.7. The van der Waals surface area contributed by atoms with E-state index in [9.17, 15) is 13.2 Å². The molecule has 2 aromatic rings. The highest BCUT2D eigenvalue weighted by Crippen LogP contribution is 2.29. The topological polar surface area (TPSA) is 93.7 Å². The Morgan fingerprint density at radius 3 is 2.14 bits per heavy atom. The predicted molar refractivity (Wildman–Crippen MR) is 109 cm³/mol. The Morgan fingerprint density at radius 2 is 1.61 bits per heavy atom. The third kappa shape index (κ3) is 4.82. The average Bonchev–Trinajstić information content (AvgIpc) is 2.59. The zero-order valence-electron chi connectivity index (χ0n) is 16.9. The van der Waals surface area contributed by atoms with Crippen LogP contribution in [0.15, 0.2) is 35.2 Å². The molecular formula is C20H26N2O5S. The lowest BCUT2D eigenvalue weighted by Crippen LogP contribution is -2.42. The zero-order valence-corrected chi connectivity index (χ0v) is 17.7. The van der Waals surface area contributed by atoms with Crippen LogP contribution in [-0.2, 0) is 14.8 Å². The summed E-state index contributed by atoms with van der Waals surface area (Å²) >= 11 is 0. The fourth-order valence-corrected chi connectivity index (χ4v) is 4.74. The summed E-state index contributed by atoms with van der Waals surface area (Å²) in [6.45, 7) is 6.86. The van der Waals surface area contributed by atoms with Crippen molar-refractivity contribution in [3.63, 3.8) is 0 Å². The number of aryl methyl sites for hydroxylation is 3. The maximum atomic E-state index is 12.8. The number of anilines is 1. The van der Waals surface area contributed by atoms with Gasteiger partial charge >= 0.3 is 0 Å². The lowest BCUT2D eigenvalue weighted by atomic mass is 10.1. The highest BCUT2D eigenvalue weighted by molar-refractivity contribution is 7.89. The van der Waals surface area contributed by atoms with E-state index in [0.29, 0.717) is 28.3 Å². The van der Waals surface area contributed by atoms with Crippen LogP contribution in [0.2, 0.25) is 0 Å². The van der Waals surface area contributed by atoms with E-state index in [1.165, 1.54) is 21.1 Å². The average molecular weight is 407 g/mol. The van der Waals surface area contributed by atoms with Crippen LogP contribution in [0.5, 0.6) is 11.5 Å². The van der Waals surface area contributed by atoms with E-state index in [1.807, 2.05) is 6.92 Å². The zero-order chi connectivity index (χ0) is 21.1. The Hall–Kier alpha value is -2.58. The molecule has 0 spiro atoms. The first-order chi connectivity index (χ1) is 13.1. The van der Waals surface area contributed by atoms with Crippen LogP contribution >= 0.6 is 0 Å². The maximum absolute atomic E-state index is 12.8. The Labute approximate surface area is 166 Å². The van der Waals surface area contributed by atoms with Gasteiger partial charge in [0.15, 0.2) is 0 Å². The van der Waals surface area contributed by atoms with E-state index >= 15 is 0 Å². The standard InChI is InChI=1S/C20H26N2O5S/c1-12-9-13(2)19(14(3)10-12)28(24,25)22-15(4)20(23)21-17-11-16(26-5)7-8-18(17)27-6/h7-11,15,22H,1-6H3,(H,21,23). The van der Waals surface area contributed by atoms with Crippen LogP contribution in [0.1, 0.15) is 23.6 Å². The fourth-order valence-electron chi connectivity index (χ4n) is 3.09. The van der Waals surface area contributed by atoms with Crippen molar-refractivity contribution < 1.29 is 22.7 Å². The minimum atomic E-state index is -3.87. The smallest absolute Gasteiger partial charge is 0.242 e. The van der Waals surface area contributed by atoms with Crippen LogP contribution in [0.3, 0.4) is 0 Å². The molecule has 0 aliphatic rings. The third-order valence-electron chi connectivity index (χ3n) is 4.26. The number of hydrogen-bond donors (Lipinski definition) is 2. The predicted octanol–water partition coefficient (Wildman–Crippen LogP) is 2.93. The van der Waals surface area contributed by atoms with Crippen molar-refractivity contribution in [2.24, 2.45) is 0 Å². The van der Waals surface area contributed by atoms with Gasteiger partial charge in [-0.25, -0.2) is 8.42 Å². The van der Waals surface area contributed by atoms with Crippen LogP contribution in [0, 0.1) is 20.8 Å². The first-order valence-electron chi connectivity index (χ1n) is 8.72. The van der Waals surface area contributed by atoms with Crippen molar-refractivity contribution in [1.29, 1.82) is 0 Å². The summed E-state index contributed by atoms with van der Waals surface area (Å²) in [5, 5.41) is 2.68. The van der Waals surface area contributed by atoms with Gasteiger partial charge in [-0.3, -0.25) is 4.79 Å². The van der Waals surface area contributed by atoms with E-state index in [-0.39, 0.29) is 4.90 Å². The summed E-state index contributed by atoms with van der Waals surface area (Å²) in [5.41, 5.74) is 2.63. The molecule has 1 atom stereocenters. The minimum absolute atomic E-state index is 0.191. The molecule has 2 N–H and O–H groups in total. The molecule has 0 heterocycles. The highest BCUT2D eigenvalue weighted by atomic mass is 32.2. The molecule has 0 aliphatic carbocycles. The molecule has 0 fully saturated rings. The van der Waals surface area contributed by atoms with Gasteiger partial charge in [-0.05, 0) is 51.0 Å². The third-order valence-corrected chi connectivity index (χ3v) is 6.11. The quantitative estimate of drug-likeness (QED) is 0.737. The molecule has 28 heavy (non-hydrogen) atoms. The molecule has 1 amide bonds. The lowest BCUT2D eigenvalue weighted by molar-refractivity contribution is -0.117. The van der Waals surface area contributed by atoms with E-state index in [2.05, 4.69) is 10.0 Å². The van der Waals surface area contributed by atoms with Gasteiger partial charge in [-0.1, -0.05) is 17.7 Å². The SMILES string of the molecule is COc1ccc(OC)c(NC(=O)C(C)NS(=O)(=O)c2c(C)cc(C)cc2C)c1. The van der Waals surface area contributed by atoms with Crippen molar-refractivity contribution in [1.82, 2.24) is 4.72 Å². The Balaban J connectivity index is 2.23. The second-order valence-corrected chi connectivity index (χ2v) is 8.28. The van der Waals surface area contributed by atoms with Crippen molar-refractivity contribution in [3.8, 4) is 11.5 Å². The number of sulfonamides is 1. The molecule has 0 saturated carbocycles. The molecule has 7 nitrogen and oxygen atoms in total. The monoisotopic (exact) mass is 406 g/mol. The van der Waals surface area contributed by atoms with Gasteiger partial charge in [0.25, 0.3) is 0 Å². The minimum Gasteiger partial charge on any atom is -0.497 e.